The summed E-state index contributed by atoms with van der Waals surface area (Å²) in [6, 6.07) is 18.7. The van der Waals surface area contributed by atoms with E-state index in [2.05, 4.69) is 48.6 Å². The lowest BCUT2D eigenvalue weighted by atomic mass is 10.1. The number of anilines is 1. The van der Waals surface area contributed by atoms with Crippen LogP contribution < -0.4 is 5.32 Å². The SMILES string of the molecule is Cc1cccc(-n2nc(-c3cc4ccccc4o3)c3c2NCCCC3)c1. The summed E-state index contributed by atoms with van der Waals surface area (Å²) in [4.78, 5) is 0. The van der Waals surface area contributed by atoms with Gasteiger partial charge in [-0.25, -0.2) is 4.68 Å². The zero-order chi connectivity index (χ0) is 17.5. The molecule has 0 saturated heterocycles. The van der Waals surface area contributed by atoms with Crippen molar-refractivity contribution in [3.8, 4) is 17.1 Å². The molecule has 130 valence electrons. The third kappa shape index (κ3) is 2.49. The Bertz CT molecular complexity index is 1060. The number of rotatable bonds is 2. The first-order chi connectivity index (χ1) is 12.8. The Kier molecular flexibility index (Phi) is 3.56. The fourth-order valence-corrected chi connectivity index (χ4v) is 3.75. The van der Waals surface area contributed by atoms with Gasteiger partial charge in [-0.15, -0.1) is 0 Å². The van der Waals surface area contributed by atoms with Gasteiger partial charge < -0.3 is 9.73 Å². The summed E-state index contributed by atoms with van der Waals surface area (Å²) >= 11 is 0. The number of benzene rings is 2. The van der Waals surface area contributed by atoms with Gasteiger partial charge in [-0.3, -0.25) is 0 Å². The number of aromatic nitrogens is 2. The van der Waals surface area contributed by atoms with Gasteiger partial charge in [0, 0.05) is 17.5 Å². The molecule has 0 aliphatic carbocycles. The van der Waals surface area contributed by atoms with E-state index in [0.717, 1.165) is 53.3 Å². The van der Waals surface area contributed by atoms with Crippen LogP contribution in [-0.2, 0) is 6.42 Å². The fourth-order valence-electron chi connectivity index (χ4n) is 3.75. The van der Waals surface area contributed by atoms with E-state index in [9.17, 15) is 0 Å². The molecule has 4 heteroatoms. The summed E-state index contributed by atoms with van der Waals surface area (Å²) in [6.07, 6.45) is 3.34. The first-order valence-corrected chi connectivity index (χ1v) is 9.21. The highest BCUT2D eigenvalue weighted by Gasteiger charge is 2.23. The number of fused-ring (bicyclic) bond motifs is 2. The second-order valence-electron chi connectivity index (χ2n) is 6.96. The molecule has 3 heterocycles. The minimum atomic E-state index is 0.845. The summed E-state index contributed by atoms with van der Waals surface area (Å²) < 4.78 is 8.17. The van der Waals surface area contributed by atoms with Crippen LogP contribution in [0.5, 0.6) is 0 Å². The van der Waals surface area contributed by atoms with Gasteiger partial charge in [-0.2, -0.15) is 5.10 Å². The zero-order valence-electron chi connectivity index (χ0n) is 14.8. The molecule has 0 bridgehead atoms. The first-order valence-electron chi connectivity index (χ1n) is 9.21. The highest BCUT2D eigenvalue weighted by molar-refractivity contribution is 5.83. The second kappa shape index (κ2) is 6.06. The monoisotopic (exact) mass is 343 g/mol. The summed E-state index contributed by atoms with van der Waals surface area (Å²) in [7, 11) is 0. The van der Waals surface area contributed by atoms with Crippen molar-refractivity contribution in [1.29, 1.82) is 0 Å². The average Bonchev–Trinajstić information content (AvgIpc) is 3.15. The molecule has 0 radical (unpaired) electrons. The molecular formula is C22H21N3O. The topological polar surface area (TPSA) is 43.0 Å². The lowest BCUT2D eigenvalue weighted by Gasteiger charge is -2.09. The molecule has 0 spiro atoms. The summed E-state index contributed by atoms with van der Waals surface area (Å²) in [6.45, 7) is 3.09. The van der Waals surface area contributed by atoms with Crippen LogP contribution in [0.4, 0.5) is 5.82 Å². The van der Waals surface area contributed by atoms with Crippen LogP contribution in [0, 0.1) is 6.92 Å². The molecule has 4 nitrogen and oxygen atoms in total. The Hall–Kier alpha value is -3.01. The average molecular weight is 343 g/mol. The summed E-state index contributed by atoms with van der Waals surface area (Å²) in [5.74, 6) is 1.95. The van der Waals surface area contributed by atoms with E-state index < -0.39 is 0 Å². The normalized spacial score (nSPS) is 14.0. The van der Waals surface area contributed by atoms with Gasteiger partial charge in [0.15, 0.2) is 5.76 Å². The Morgan fingerprint density at radius 1 is 1.04 bits per heavy atom. The molecule has 0 atom stereocenters. The Balaban J connectivity index is 1.72. The Morgan fingerprint density at radius 2 is 1.96 bits per heavy atom. The van der Waals surface area contributed by atoms with Crippen molar-refractivity contribution in [1.82, 2.24) is 9.78 Å². The summed E-state index contributed by atoms with van der Waals surface area (Å²) in [5, 5.41) is 9.68. The first kappa shape index (κ1) is 15.3. The molecule has 4 aromatic rings. The quantitative estimate of drug-likeness (QED) is 0.534. The van der Waals surface area contributed by atoms with Crippen LogP contribution >= 0.6 is 0 Å². The van der Waals surface area contributed by atoms with Gasteiger partial charge in [0.05, 0.1) is 5.69 Å². The van der Waals surface area contributed by atoms with E-state index in [0.29, 0.717) is 0 Å². The third-order valence-corrected chi connectivity index (χ3v) is 5.03. The van der Waals surface area contributed by atoms with Crippen LogP contribution in [0.15, 0.2) is 59.0 Å². The minimum Gasteiger partial charge on any atom is -0.454 e. The molecule has 0 fully saturated rings. The van der Waals surface area contributed by atoms with Crippen molar-refractivity contribution in [3.05, 3.63) is 65.7 Å². The lowest BCUT2D eigenvalue weighted by Crippen LogP contribution is -2.07. The smallest absolute Gasteiger partial charge is 0.156 e. The van der Waals surface area contributed by atoms with Gasteiger partial charge in [0.25, 0.3) is 0 Å². The largest absolute Gasteiger partial charge is 0.454 e. The number of nitrogens with one attached hydrogen (secondary N) is 1. The second-order valence-corrected chi connectivity index (χ2v) is 6.96. The van der Waals surface area contributed by atoms with Crippen LogP contribution in [-0.4, -0.2) is 16.3 Å². The Labute approximate surface area is 152 Å². The molecule has 1 N–H and O–H groups in total. The van der Waals surface area contributed by atoms with Gasteiger partial charge in [0.2, 0.25) is 0 Å². The molecule has 1 aliphatic heterocycles. The molecule has 2 aromatic heterocycles. The molecule has 0 amide bonds. The predicted octanol–water partition coefficient (Wildman–Crippen LogP) is 5.34. The molecule has 1 aliphatic rings. The highest BCUT2D eigenvalue weighted by Crippen LogP contribution is 2.36. The zero-order valence-corrected chi connectivity index (χ0v) is 14.8. The number of nitrogens with zero attached hydrogens (tertiary/aromatic N) is 2. The molecule has 0 unspecified atom stereocenters. The Morgan fingerprint density at radius 3 is 2.85 bits per heavy atom. The van der Waals surface area contributed by atoms with Crippen LogP contribution in [0.1, 0.15) is 24.0 Å². The number of aryl methyl sites for hydroxylation is 1. The van der Waals surface area contributed by atoms with Crippen LogP contribution in [0.25, 0.3) is 28.1 Å². The van der Waals surface area contributed by atoms with Crippen LogP contribution in [0.2, 0.25) is 0 Å². The van der Waals surface area contributed by atoms with Crippen molar-refractivity contribution in [2.75, 3.05) is 11.9 Å². The number of hydrogen-bond donors (Lipinski definition) is 1. The number of hydrogen-bond acceptors (Lipinski definition) is 3. The summed E-state index contributed by atoms with van der Waals surface area (Å²) in [5.41, 5.74) is 5.42. The van der Waals surface area contributed by atoms with E-state index in [1.807, 2.05) is 22.9 Å². The molecule has 26 heavy (non-hydrogen) atoms. The fraction of sp³-hybridized carbons (Fsp3) is 0.227. The van der Waals surface area contributed by atoms with Crippen molar-refractivity contribution < 1.29 is 4.42 Å². The number of furan rings is 1. The maximum Gasteiger partial charge on any atom is 0.156 e. The van der Waals surface area contributed by atoms with E-state index in [1.165, 1.54) is 17.5 Å². The van der Waals surface area contributed by atoms with Crippen molar-refractivity contribution in [2.24, 2.45) is 0 Å². The highest BCUT2D eigenvalue weighted by atomic mass is 16.3. The van der Waals surface area contributed by atoms with E-state index in [1.54, 1.807) is 0 Å². The van der Waals surface area contributed by atoms with Gasteiger partial charge in [-0.1, -0.05) is 30.3 Å². The predicted molar refractivity (Wildman–Crippen MR) is 105 cm³/mol. The number of para-hydroxylation sites is 1. The van der Waals surface area contributed by atoms with Gasteiger partial charge in [-0.05, 0) is 56.0 Å². The molecule has 5 rings (SSSR count). The molecule has 2 aromatic carbocycles. The van der Waals surface area contributed by atoms with Crippen molar-refractivity contribution in [2.45, 2.75) is 26.2 Å². The molecule has 0 saturated carbocycles. The van der Waals surface area contributed by atoms with Crippen LogP contribution in [0.3, 0.4) is 0 Å². The van der Waals surface area contributed by atoms with Crippen molar-refractivity contribution >= 4 is 16.8 Å². The minimum absolute atomic E-state index is 0.845. The van der Waals surface area contributed by atoms with E-state index in [-0.39, 0.29) is 0 Å². The maximum atomic E-state index is 6.13. The van der Waals surface area contributed by atoms with Crippen molar-refractivity contribution in [3.63, 3.8) is 0 Å². The third-order valence-electron chi connectivity index (χ3n) is 5.03. The van der Waals surface area contributed by atoms with E-state index in [4.69, 9.17) is 9.52 Å². The molecular weight excluding hydrogens is 322 g/mol. The van der Waals surface area contributed by atoms with E-state index >= 15 is 0 Å². The standard InChI is InChI=1S/C22H21N3O/c1-15-7-6-9-17(13-15)25-22-18(10-4-5-12-23-22)21(24-25)20-14-16-8-2-3-11-19(16)26-20/h2-3,6-9,11,13-14,23H,4-5,10,12H2,1H3. The van der Waals surface area contributed by atoms with Gasteiger partial charge in [0.1, 0.15) is 17.1 Å². The van der Waals surface area contributed by atoms with Gasteiger partial charge >= 0.3 is 0 Å². The maximum absolute atomic E-state index is 6.13. The lowest BCUT2D eigenvalue weighted by molar-refractivity contribution is 0.625.